The zero-order chi connectivity index (χ0) is 9.28. The van der Waals surface area contributed by atoms with Gasteiger partial charge in [-0.2, -0.15) is 13.2 Å². The molecule has 0 amide bonds. The smallest absolute Gasteiger partial charge is 0.306 e. The molecule has 0 atom stereocenters. The maximum atomic E-state index is 11.9. The van der Waals surface area contributed by atoms with Gasteiger partial charge in [0, 0.05) is 6.54 Å². The van der Waals surface area contributed by atoms with Gasteiger partial charge < -0.3 is 4.90 Å². The summed E-state index contributed by atoms with van der Waals surface area (Å²) in [7, 11) is 2.93. The molecule has 0 spiro atoms. The van der Waals surface area contributed by atoms with E-state index < -0.39 is 17.1 Å². The van der Waals surface area contributed by atoms with E-state index in [9.17, 15) is 13.2 Å². The highest BCUT2D eigenvalue weighted by atomic mass is 35.5. The molecule has 0 aromatic carbocycles. The summed E-state index contributed by atoms with van der Waals surface area (Å²) >= 11 is 10.0. The third-order valence-electron chi connectivity index (χ3n) is 0.930. The molecule has 0 bridgehead atoms. The fourth-order valence-electron chi connectivity index (χ4n) is 0.487. The predicted octanol–water partition coefficient (Wildman–Crippen LogP) is 2.28. The first kappa shape index (κ1) is 11.3. The Morgan fingerprint density at radius 3 is 1.64 bits per heavy atom. The first-order chi connectivity index (χ1) is 4.67. The Hall–Kier alpha value is 0.330. The lowest BCUT2D eigenvalue weighted by Gasteiger charge is -2.25. The number of hydrogen-bond donors (Lipinski definition) is 0. The van der Waals surface area contributed by atoms with Crippen molar-refractivity contribution in [3.05, 3.63) is 0 Å². The van der Waals surface area contributed by atoms with E-state index in [0.29, 0.717) is 0 Å². The molecule has 0 aliphatic heterocycles. The summed E-state index contributed by atoms with van der Waals surface area (Å²) in [6.07, 6.45) is -4.58. The molecule has 0 saturated heterocycles. The summed E-state index contributed by atoms with van der Waals surface area (Å²) in [6.45, 7) is -0.445. The summed E-state index contributed by atoms with van der Waals surface area (Å²) in [5.41, 5.74) is 0. The standard InChI is InChI=1S/C5H8Cl2F3N/c1-11(2)3-4(6,7)5(8,9)10/h3H2,1-2H3. The van der Waals surface area contributed by atoms with Crippen LogP contribution < -0.4 is 0 Å². The minimum Gasteiger partial charge on any atom is -0.306 e. The minimum absolute atomic E-state index is 0.445. The summed E-state index contributed by atoms with van der Waals surface area (Å²) in [5, 5.41) is 0. The van der Waals surface area contributed by atoms with Crippen LogP contribution in [0.4, 0.5) is 13.2 Å². The van der Waals surface area contributed by atoms with Gasteiger partial charge in [0.2, 0.25) is 4.33 Å². The highest BCUT2D eigenvalue weighted by Gasteiger charge is 2.52. The van der Waals surface area contributed by atoms with Gasteiger partial charge in [-0.05, 0) is 14.1 Å². The van der Waals surface area contributed by atoms with Crippen molar-refractivity contribution in [3.8, 4) is 0 Å². The molecule has 0 rings (SSSR count). The molecule has 11 heavy (non-hydrogen) atoms. The number of hydrogen-bond acceptors (Lipinski definition) is 1. The molecule has 0 heterocycles. The summed E-state index contributed by atoms with van der Waals surface area (Å²) in [4.78, 5) is 1.27. The quantitative estimate of drug-likeness (QED) is 0.632. The Morgan fingerprint density at radius 1 is 1.18 bits per heavy atom. The second-order valence-corrected chi connectivity index (χ2v) is 3.92. The lowest BCUT2D eigenvalue weighted by Crippen LogP contribution is -2.42. The molecule has 0 unspecified atom stereocenters. The first-order valence-electron chi connectivity index (χ1n) is 2.76. The van der Waals surface area contributed by atoms with Gasteiger partial charge in [0.15, 0.2) is 0 Å². The number of alkyl halides is 5. The monoisotopic (exact) mass is 209 g/mol. The van der Waals surface area contributed by atoms with Gasteiger partial charge in [0.25, 0.3) is 0 Å². The Bertz CT molecular complexity index is 132. The van der Waals surface area contributed by atoms with E-state index in [1.165, 1.54) is 19.0 Å². The largest absolute Gasteiger partial charge is 0.422 e. The number of halogens is 5. The van der Waals surface area contributed by atoms with E-state index in [0.717, 1.165) is 0 Å². The fourth-order valence-corrected chi connectivity index (χ4v) is 0.965. The van der Waals surface area contributed by atoms with Crippen LogP contribution in [-0.2, 0) is 0 Å². The fraction of sp³-hybridized carbons (Fsp3) is 1.00. The summed E-state index contributed by atoms with van der Waals surface area (Å²) in [6, 6.07) is 0. The molecular weight excluding hydrogens is 202 g/mol. The predicted molar refractivity (Wildman–Crippen MR) is 39.0 cm³/mol. The third-order valence-corrected chi connectivity index (χ3v) is 1.60. The van der Waals surface area contributed by atoms with Crippen LogP contribution in [0, 0.1) is 0 Å². The van der Waals surface area contributed by atoms with Crippen LogP contribution >= 0.6 is 23.2 Å². The van der Waals surface area contributed by atoms with Crippen molar-refractivity contribution in [3.63, 3.8) is 0 Å². The van der Waals surface area contributed by atoms with E-state index >= 15 is 0 Å². The van der Waals surface area contributed by atoms with Crippen molar-refractivity contribution >= 4 is 23.2 Å². The van der Waals surface area contributed by atoms with E-state index in [1.807, 2.05) is 0 Å². The zero-order valence-corrected chi connectivity index (χ0v) is 7.56. The van der Waals surface area contributed by atoms with Crippen LogP contribution in [0.25, 0.3) is 0 Å². The zero-order valence-electron chi connectivity index (χ0n) is 6.04. The third kappa shape index (κ3) is 3.49. The van der Waals surface area contributed by atoms with Gasteiger partial charge in [-0.3, -0.25) is 0 Å². The summed E-state index contributed by atoms with van der Waals surface area (Å²) in [5.74, 6) is 0. The van der Waals surface area contributed by atoms with Crippen LogP contribution in [0.5, 0.6) is 0 Å². The average molecular weight is 210 g/mol. The molecule has 68 valence electrons. The molecule has 0 aliphatic rings. The Morgan fingerprint density at radius 2 is 1.55 bits per heavy atom. The maximum Gasteiger partial charge on any atom is 0.422 e. The van der Waals surface area contributed by atoms with Crippen molar-refractivity contribution in [1.82, 2.24) is 4.90 Å². The highest BCUT2D eigenvalue weighted by Crippen LogP contribution is 2.39. The van der Waals surface area contributed by atoms with Gasteiger partial charge in [-0.25, -0.2) is 0 Å². The van der Waals surface area contributed by atoms with Crippen LogP contribution in [0.1, 0.15) is 0 Å². The lowest BCUT2D eigenvalue weighted by molar-refractivity contribution is -0.144. The molecule has 0 aliphatic carbocycles. The van der Waals surface area contributed by atoms with E-state index in [-0.39, 0.29) is 0 Å². The van der Waals surface area contributed by atoms with Crippen molar-refractivity contribution in [2.75, 3.05) is 20.6 Å². The molecule has 0 fully saturated rings. The second-order valence-electron chi connectivity index (χ2n) is 2.44. The van der Waals surface area contributed by atoms with Crippen molar-refractivity contribution in [2.24, 2.45) is 0 Å². The maximum absolute atomic E-state index is 11.9. The van der Waals surface area contributed by atoms with Crippen LogP contribution in [-0.4, -0.2) is 36.0 Å². The normalized spacial score (nSPS) is 14.2. The molecule has 0 radical (unpaired) electrons. The Labute approximate surface area is 73.1 Å². The SMILES string of the molecule is CN(C)CC(Cl)(Cl)C(F)(F)F. The molecule has 0 N–H and O–H groups in total. The van der Waals surface area contributed by atoms with Gasteiger partial charge in [-0.15, -0.1) is 0 Å². The van der Waals surface area contributed by atoms with Crippen molar-refractivity contribution < 1.29 is 13.2 Å². The van der Waals surface area contributed by atoms with Crippen LogP contribution in [0.15, 0.2) is 0 Å². The minimum atomic E-state index is -4.58. The van der Waals surface area contributed by atoms with Gasteiger partial charge in [-0.1, -0.05) is 23.2 Å². The van der Waals surface area contributed by atoms with E-state index in [4.69, 9.17) is 23.2 Å². The second kappa shape index (κ2) is 3.37. The topological polar surface area (TPSA) is 3.24 Å². The highest BCUT2D eigenvalue weighted by molar-refractivity contribution is 6.49. The molecular formula is C5H8Cl2F3N. The first-order valence-corrected chi connectivity index (χ1v) is 3.52. The van der Waals surface area contributed by atoms with Gasteiger partial charge >= 0.3 is 6.18 Å². The van der Waals surface area contributed by atoms with Crippen LogP contribution in [0.2, 0.25) is 0 Å². The van der Waals surface area contributed by atoms with Crippen LogP contribution in [0.3, 0.4) is 0 Å². The van der Waals surface area contributed by atoms with Crippen molar-refractivity contribution in [2.45, 2.75) is 10.5 Å². The number of nitrogens with zero attached hydrogens (tertiary/aromatic N) is 1. The summed E-state index contributed by atoms with van der Waals surface area (Å²) < 4.78 is 33.0. The average Bonchev–Trinajstić information content (AvgIpc) is 1.56. The number of rotatable bonds is 2. The van der Waals surface area contributed by atoms with Gasteiger partial charge in [0.1, 0.15) is 0 Å². The molecule has 0 saturated carbocycles. The Balaban J connectivity index is 4.22. The molecule has 0 aromatic rings. The van der Waals surface area contributed by atoms with E-state index in [1.54, 1.807) is 0 Å². The molecule has 0 aromatic heterocycles. The molecule has 1 nitrogen and oxygen atoms in total. The Kier molecular flexibility index (Phi) is 3.47. The molecule has 6 heteroatoms. The lowest BCUT2D eigenvalue weighted by atomic mass is 10.4. The van der Waals surface area contributed by atoms with Gasteiger partial charge in [0.05, 0.1) is 0 Å². The van der Waals surface area contributed by atoms with Crippen molar-refractivity contribution in [1.29, 1.82) is 0 Å². The van der Waals surface area contributed by atoms with E-state index in [2.05, 4.69) is 0 Å².